The molecule has 1 saturated heterocycles. The Hall–Kier alpha value is -1.56. The smallest absolute Gasteiger partial charge is 0.258 e. The zero-order chi connectivity index (χ0) is 17.5. The standard InChI is InChI=1S/C13H17N3O6S2/c17-16(18)11-1-3-12(4-2-11)23(19,20)14-7-9-15(10-8-14)24(21,22)13-5-6-13/h1-4,13H,5-10H2. The van der Waals surface area contributed by atoms with E-state index in [1.165, 1.54) is 20.7 Å². The van der Waals surface area contributed by atoms with Crippen LogP contribution in [0, 0.1) is 10.1 Å². The molecule has 1 aromatic rings. The van der Waals surface area contributed by atoms with E-state index in [0.29, 0.717) is 12.8 Å². The molecule has 0 bridgehead atoms. The molecule has 0 spiro atoms. The Morgan fingerprint density at radius 1 is 0.917 bits per heavy atom. The van der Waals surface area contributed by atoms with E-state index in [2.05, 4.69) is 0 Å². The third kappa shape index (κ3) is 3.16. The lowest BCUT2D eigenvalue weighted by molar-refractivity contribution is -0.384. The number of hydrogen-bond acceptors (Lipinski definition) is 6. The van der Waals surface area contributed by atoms with Crippen LogP contribution in [0.15, 0.2) is 29.2 Å². The number of nitro benzene ring substituents is 1. The van der Waals surface area contributed by atoms with E-state index in [9.17, 15) is 26.9 Å². The van der Waals surface area contributed by atoms with Crippen LogP contribution in [0.4, 0.5) is 5.69 Å². The monoisotopic (exact) mass is 375 g/mol. The Balaban J connectivity index is 1.71. The third-order valence-corrected chi connectivity index (χ3v) is 8.50. The minimum Gasteiger partial charge on any atom is -0.258 e. The fourth-order valence-corrected chi connectivity index (χ4v) is 5.88. The molecule has 0 unspecified atom stereocenters. The number of piperazine rings is 1. The highest BCUT2D eigenvalue weighted by molar-refractivity contribution is 7.90. The molecule has 0 atom stereocenters. The van der Waals surface area contributed by atoms with Crippen molar-refractivity contribution in [3.8, 4) is 0 Å². The first-order chi connectivity index (χ1) is 11.2. The molecule has 0 aromatic heterocycles. The summed E-state index contributed by atoms with van der Waals surface area (Å²) in [5, 5.41) is 10.3. The Labute approximate surface area is 140 Å². The van der Waals surface area contributed by atoms with E-state index in [1.807, 2.05) is 0 Å². The van der Waals surface area contributed by atoms with E-state index >= 15 is 0 Å². The lowest BCUT2D eigenvalue weighted by Gasteiger charge is -2.33. The number of sulfonamides is 2. The van der Waals surface area contributed by atoms with Gasteiger partial charge in [0.2, 0.25) is 20.0 Å². The van der Waals surface area contributed by atoms with Gasteiger partial charge in [0.15, 0.2) is 0 Å². The average Bonchev–Trinajstić information content (AvgIpc) is 3.40. The van der Waals surface area contributed by atoms with Crippen molar-refractivity contribution in [3.05, 3.63) is 34.4 Å². The molecule has 0 amide bonds. The van der Waals surface area contributed by atoms with Gasteiger partial charge in [0.1, 0.15) is 0 Å². The van der Waals surface area contributed by atoms with Gasteiger partial charge >= 0.3 is 0 Å². The van der Waals surface area contributed by atoms with Gasteiger partial charge in [0.25, 0.3) is 5.69 Å². The van der Waals surface area contributed by atoms with Gasteiger partial charge in [-0.2, -0.15) is 8.61 Å². The van der Waals surface area contributed by atoms with E-state index < -0.39 is 25.0 Å². The Morgan fingerprint density at radius 3 is 1.88 bits per heavy atom. The Morgan fingerprint density at radius 2 is 1.42 bits per heavy atom. The van der Waals surface area contributed by atoms with Crippen molar-refractivity contribution in [1.82, 2.24) is 8.61 Å². The third-order valence-electron chi connectivity index (χ3n) is 4.19. The number of nitro groups is 1. The molecule has 1 aliphatic carbocycles. The Bertz CT molecular complexity index is 838. The van der Waals surface area contributed by atoms with Crippen LogP contribution < -0.4 is 0 Å². The van der Waals surface area contributed by atoms with Crippen molar-refractivity contribution in [2.45, 2.75) is 23.0 Å². The number of benzene rings is 1. The first-order valence-electron chi connectivity index (χ1n) is 7.46. The summed E-state index contributed by atoms with van der Waals surface area (Å²) in [6.07, 6.45) is 1.34. The highest BCUT2D eigenvalue weighted by atomic mass is 32.2. The van der Waals surface area contributed by atoms with Gasteiger partial charge < -0.3 is 0 Å². The fraction of sp³-hybridized carbons (Fsp3) is 0.538. The maximum Gasteiger partial charge on any atom is 0.269 e. The summed E-state index contributed by atoms with van der Waals surface area (Å²) in [4.78, 5) is 10.0. The van der Waals surface area contributed by atoms with Crippen LogP contribution in [-0.2, 0) is 20.0 Å². The molecule has 3 rings (SSSR count). The second-order valence-electron chi connectivity index (χ2n) is 5.80. The zero-order valence-electron chi connectivity index (χ0n) is 12.7. The van der Waals surface area contributed by atoms with Gasteiger partial charge in [-0.3, -0.25) is 10.1 Å². The summed E-state index contributed by atoms with van der Waals surface area (Å²) >= 11 is 0. The summed E-state index contributed by atoms with van der Waals surface area (Å²) in [7, 11) is -7.09. The van der Waals surface area contributed by atoms with E-state index in [0.717, 1.165) is 12.1 Å². The predicted molar refractivity (Wildman–Crippen MR) is 85.4 cm³/mol. The summed E-state index contributed by atoms with van der Waals surface area (Å²) < 4.78 is 52.0. The predicted octanol–water partition coefficient (Wildman–Crippen LogP) is 0.393. The van der Waals surface area contributed by atoms with Gasteiger partial charge in [-0.25, -0.2) is 16.8 Å². The molecule has 2 aliphatic rings. The molecule has 1 saturated carbocycles. The summed E-state index contributed by atoms with van der Waals surface area (Å²) in [6, 6.07) is 4.67. The molecule has 0 radical (unpaired) electrons. The summed E-state index contributed by atoms with van der Waals surface area (Å²) in [6.45, 7) is 0.409. The molecule has 1 aromatic carbocycles. The van der Waals surface area contributed by atoms with Crippen molar-refractivity contribution in [3.63, 3.8) is 0 Å². The number of rotatable bonds is 5. The molecule has 2 fully saturated rings. The van der Waals surface area contributed by atoms with Crippen molar-refractivity contribution in [2.24, 2.45) is 0 Å². The Kier molecular flexibility index (Phi) is 4.36. The van der Waals surface area contributed by atoms with Crippen LogP contribution in [0.2, 0.25) is 0 Å². The van der Waals surface area contributed by atoms with Crippen LogP contribution in [0.3, 0.4) is 0 Å². The molecule has 0 N–H and O–H groups in total. The topological polar surface area (TPSA) is 118 Å². The number of non-ortho nitro benzene ring substituents is 1. The van der Waals surface area contributed by atoms with Gasteiger partial charge in [-0.1, -0.05) is 0 Å². The second-order valence-corrected chi connectivity index (χ2v) is 9.95. The number of hydrogen-bond donors (Lipinski definition) is 0. The SMILES string of the molecule is O=[N+]([O-])c1ccc(S(=O)(=O)N2CCN(S(=O)(=O)C3CC3)CC2)cc1. The maximum absolute atomic E-state index is 12.6. The highest BCUT2D eigenvalue weighted by Crippen LogP contribution is 2.32. The first-order valence-corrected chi connectivity index (χ1v) is 10.4. The highest BCUT2D eigenvalue weighted by Gasteiger charge is 2.42. The van der Waals surface area contributed by atoms with E-state index in [-0.39, 0.29) is 42.0 Å². The van der Waals surface area contributed by atoms with Crippen LogP contribution in [0.25, 0.3) is 0 Å². The second kappa shape index (κ2) is 6.06. The molecule has 132 valence electrons. The van der Waals surface area contributed by atoms with Gasteiger partial charge in [0.05, 0.1) is 15.1 Å². The molecule has 11 heteroatoms. The maximum atomic E-state index is 12.6. The van der Waals surface area contributed by atoms with Gasteiger partial charge in [-0.05, 0) is 25.0 Å². The minimum atomic E-state index is -3.79. The first kappa shape index (κ1) is 17.3. The van der Waals surface area contributed by atoms with Crippen LogP contribution in [0.5, 0.6) is 0 Å². The van der Waals surface area contributed by atoms with Crippen LogP contribution in [-0.4, -0.2) is 61.8 Å². The minimum absolute atomic E-state index is 0.0356. The van der Waals surface area contributed by atoms with Crippen molar-refractivity contribution in [1.29, 1.82) is 0 Å². The van der Waals surface area contributed by atoms with Crippen molar-refractivity contribution < 1.29 is 21.8 Å². The largest absolute Gasteiger partial charge is 0.269 e. The fourth-order valence-electron chi connectivity index (χ4n) is 2.63. The zero-order valence-corrected chi connectivity index (χ0v) is 14.4. The van der Waals surface area contributed by atoms with Crippen LogP contribution >= 0.6 is 0 Å². The van der Waals surface area contributed by atoms with Gasteiger partial charge in [-0.15, -0.1) is 0 Å². The van der Waals surface area contributed by atoms with E-state index in [4.69, 9.17) is 0 Å². The summed E-state index contributed by atoms with van der Waals surface area (Å²) in [5.41, 5.74) is -0.186. The molecular weight excluding hydrogens is 358 g/mol. The average molecular weight is 375 g/mol. The van der Waals surface area contributed by atoms with Crippen LogP contribution in [0.1, 0.15) is 12.8 Å². The molecule has 9 nitrogen and oxygen atoms in total. The van der Waals surface area contributed by atoms with Gasteiger partial charge in [0, 0.05) is 38.3 Å². The van der Waals surface area contributed by atoms with E-state index in [1.54, 1.807) is 0 Å². The lowest BCUT2D eigenvalue weighted by atomic mass is 10.3. The van der Waals surface area contributed by atoms with Crippen molar-refractivity contribution >= 4 is 25.7 Å². The summed E-state index contributed by atoms with van der Waals surface area (Å²) in [5.74, 6) is 0. The normalized spacial score (nSPS) is 20.8. The molecule has 1 heterocycles. The molecule has 1 aliphatic heterocycles. The van der Waals surface area contributed by atoms with Crippen molar-refractivity contribution in [2.75, 3.05) is 26.2 Å². The quantitative estimate of drug-likeness (QED) is 0.543. The lowest BCUT2D eigenvalue weighted by Crippen LogP contribution is -2.51. The molecular formula is C13H17N3O6S2. The number of nitrogens with zero attached hydrogens (tertiary/aromatic N) is 3. The molecule has 24 heavy (non-hydrogen) atoms.